The van der Waals surface area contributed by atoms with Gasteiger partial charge in [0.15, 0.2) is 5.82 Å². The zero-order valence-electron chi connectivity index (χ0n) is 16.3. The van der Waals surface area contributed by atoms with Gasteiger partial charge in [0.1, 0.15) is 0 Å². The molecule has 0 aliphatic rings. The third-order valence-electron chi connectivity index (χ3n) is 4.31. The van der Waals surface area contributed by atoms with E-state index in [4.69, 9.17) is 0 Å². The van der Waals surface area contributed by atoms with Gasteiger partial charge in [0.2, 0.25) is 0 Å². The summed E-state index contributed by atoms with van der Waals surface area (Å²) in [5, 5.41) is 16.6. The van der Waals surface area contributed by atoms with Crippen LogP contribution >= 0.6 is 0 Å². The average Bonchev–Trinajstić information content (AvgIpc) is 3.07. The highest BCUT2D eigenvalue weighted by Crippen LogP contribution is 2.19. The molecule has 27 heavy (non-hydrogen) atoms. The molecule has 9 nitrogen and oxygen atoms in total. The van der Waals surface area contributed by atoms with Gasteiger partial charge in [-0.3, -0.25) is 9.59 Å². The van der Waals surface area contributed by atoms with Crippen LogP contribution in [0, 0.1) is 0 Å². The fourth-order valence-electron chi connectivity index (χ4n) is 2.42. The van der Waals surface area contributed by atoms with Crippen LogP contribution in [0.4, 0.5) is 5.69 Å². The summed E-state index contributed by atoms with van der Waals surface area (Å²) in [7, 11) is 3.80. The van der Waals surface area contributed by atoms with Crippen LogP contribution in [-0.2, 0) is 16.6 Å². The minimum absolute atomic E-state index is 0.475. The molecule has 0 unspecified atom stereocenters. The Labute approximate surface area is 159 Å². The molecule has 0 saturated heterocycles. The Hall–Kier alpha value is -2.81. The van der Waals surface area contributed by atoms with Gasteiger partial charge < -0.3 is 15.5 Å². The summed E-state index contributed by atoms with van der Waals surface area (Å²) in [5.41, 5.74) is 1.25. The molecule has 2 rings (SSSR count). The van der Waals surface area contributed by atoms with Crippen molar-refractivity contribution >= 4 is 17.5 Å². The molecule has 146 valence electrons. The van der Waals surface area contributed by atoms with Crippen LogP contribution in [0.25, 0.3) is 11.4 Å². The number of rotatable bonds is 8. The zero-order valence-corrected chi connectivity index (χ0v) is 16.3. The van der Waals surface area contributed by atoms with Crippen molar-refractivity contribution in [1.29, 1.82) is 0 Å². The molecule has 2 aromatic rings. The Morgan fingerprint density at radius 1 is 1.22 bits per heavy atom. The normalized spacial score (nSPS) is 11.0. The van der Waals surface area contributed by atoms with Crippen molar-refractivity contribution in [3.8, 4) is 11.4 Å². The van der Waals surface area contributed by atoms with Gasteiger partial charge in [-0.05, 0) is 62.8 Å². The van der Waals surface area contributed by atoms with Gasteiger partial charge in [0.05, 0.1) is 0 Å². The first-order valence-corrected chi connectivity index (χ1v) is 9.00. The molecular formula is C18H27N7O2. The zero-order chi connectivity index (χ0) is 19.8. The maximum Gasteiger partial charge on any atom is 0.313 e. The van der Waals surface area contributed by atoms with E-state index >= 15 is 0 Å². The minimum atomic E-state index is -0.692. The van der Waals surface area contributed by atoms with Crippen molar-refractivity contribution in [1.82, 2.24) is 30.4 Å². The molecule has 2 N–H and O–H groups in total. The molecule has 1 aromatic carbocycles. The molecule has 0 saturated carbocycles. The molecule has 0 fully saturated rings. The van der Waals surface area contributed by atoms with Gasteiger partial charge in [-0.15, -0.1) is 5.10 Å². The fraction of sp³-hybridized carbons (Fsp3) is 0.500. The summed E-state index contributed by atoms with van der Waals surface area (Å²) in [4.78, 5) is 26.3. The number of anilines is 1. The predicted molar refractivity (Wildman–Crippen MR) is 103 cm³/mol. The van der Waals surface area contributed by atoms with E-state index in [1.54, 1.807) is 25.2 Å². The molecular weight excluding hydrogens is 346 g/mol. The summed E-state index contributed by atoms with van der Waals surface area (Å²) >= 11 is 0. The lowest BCUT2D eigenvalue weighted by molar-refractivity contribution is -0.136. The largest absolute Gasteiger partial charge is 0.348 e. The Kier molecular flexibility index (Phi) is 7.42. The van der Waals surface area contributed by atoms with E-state index in [9.17, 15) is 9.59 Å². The Morgan fingerprint density at radius 2 is 2.00 bits per heavy atom. The number of unbranched alkanes of at least 4 members (excludes halogenated alkanes) is 1. The lowest BCUT2D eigenvalue weighted by Crippen LogP contribution is -2.36. The first kappa shape index (κ1) is 20.5. The third-order valence-corrected chi connectivity index (χ3v) is 4.31. The summed E-state index contributed by atoms with van der Waals surface area (Å²) in [6.07, 6.45) is 1.79. The number of nitrogens with one attached hydrogen (secondary N) is 2. The standard InChI is InChI=1S/C18H27N7O2/c1-13(2)24(3)11-6-5-10-19-17(26)18(27)20-15-9-7-8-14(12-15)16-21-22-23-25(16)4/h7-9,12-13H,5-6,10-11H2,1-4H3,(H,19,26)(H,20,27). The van der Waals surface area contributed by atoms with Crippen LogP contribution in [-0.4, -0.2) is 63.1 Å². The summed E-state index contributed by atoms with van der Waals surface area (Å²) < 4.78 is 1.53. The molecule has 0 atom stereocenters. The number of hydrogen-bond donors (Lipinski definition) is 2. The van der Waals surface area contributed by atoms with Gasteiger partial charge in [-0.1, -0.05) is 12.1 Å². The molecule has 0 aliphatic heterocycles. The fourth-order valence-corrected chi connectivity index (χ4v) is 2.42. The molecule has 2 amide bonds. The second-order valence-corrected chi connectivity index (χ2v) is 6.70. The van der Waals surface area contributed by atoms with E-state index in [1.165, 1.54) is 4.68 Å². The van der Waals surface area contributed by atoms with Crippen molar-refractivity contribution in [2.45, 2.75) is 32.7 Å². The molecule has 0 bridgehead atoms. The monoisotopic (exact) mass is 373 g/mol. The number of aromatic nitrogens is 4. The Balaban J connectivity index is 1.79. The number of carbonyl (C=O) groups excluding carboxylic acids is 2. The predicted octanol–water partition coefficient (Wildman–Crippen LogP) is 1.05. The number of carbonyl (C=O) groups is 2. The number of benzene rings is 1. The summed E-state index contributed by atoms with van der Waals surface area (Å²) in [6.45, 7) is 5.72. The van der Waals surface area contributed by atoms with Gasteiger partial charge in [-0.2, -0.15) is 0 Å². The topological polar surface area (TPSA) is 105 Å². The average molecular weight is 373 g/mol. The Bertz CT molecular complexity index is 773. The van der Waals surface area contributed by atoms with Crippen LogP contribution < -0.4 is 10.6 Å². The number of hydrogen-bond acceptors (Lipinski definition) is 6. The smallest absolute Gasteiger partial charge is 0.313 e. The van der Waals surface area contributed by atoms with E-state index in [0.717, 1.165) is 24.9 Å². The van der Waals surface area contributed by atoms with E-state index in [-0.39, 0.29) is 0 Å². The Morgan fingerprint density at radius 3 is 2.67 bits per heavy atom. The third kappa shape index (κ3) is 6.14. The molecule has 1 aromatic heterocycles. The molecule has 0 aliphatic carbocycles. The first-order chi connectivity index (χ1) is 12.9. The van der Waals surface area contributed by atoms with E-state index in [2.05, 4.69) is 52.0 Å². The van der Waals surface area contributed by atoms with Crippen LogP contribution in [0.5, 0.6) is 0 Å². The van der Waals surface area contributed by atoms with Gasteiger partial charge in [0, 0.05) is 30.9 Å². The van der Waals surface area contributed by atoms with Crippen molar-refractivity contribution in [2.24, 2.45) is 7.05 Å². The highest BCUT2D eigenvalue weighted by molar-refractivity contribution is 6.39. The summed E-state index contributed by atoms with van der Waals surface area (Å²) in [6, 6.07) is 7.52. The van der Waals surface area contributed by atoms with Crippen LogP contribution in [0.15, 0.2) is 24.3 Å². The molecule has 0 radical (unpaired) electrons. The van der Waals surface area contributed by atoms with Crippen molar-refractivity contribution in [3.05, 3.63) is 24.3 Å². The number of nitrogens with zero attached hydrogens (tertiary/aromatic N) is 5. The van der Waals surface area contributed by atoms with E-state index < -0.39 is 11.8 Å². The van der Waals surface area contributed by atoms with E-state index in [1.807, 2.05) is 6.07 Å². The number of amides is 2. The van der Waals surface area contributed by atoms with E-state index in [0.29, 0.717) is 24.1 Å². The van der Waals surface area contributed by atoms with Crippen LogP contribution in [0.3, 0.4) is 0 Å². The van der Waals surface area contributed by atoms with Gasteiger partial charge in [0.25, 0.3) is 0 Å². The lowest BCUT2D eigenvalue weighted by atomic mass is 10.2. The lowest BCUT2D eigenvalue weighted by Gasteiger charge is -2.20. The highest BCUT2D eigenvalue weighted by Gasteiger charge is 2.14. The highest BCUT2D eigenvalue weighted by atomic mass is 16.2. The van der Waals surface area contributed by atoms with Gasteiger partial charge in [-0.25, -0.2) is 4.68 Å². The second kappa shape index (κ2) is 9.77. The number of aryl methyl sites for hydroxylation is 1. The van der Waals surface area contributed by atoms with Crippen molar-refractivity contribution < 1.29 is 9.59 Å². The second-order valence-electron chi connectivity index (χ2n) is 6.70. The van der Waals surface area contributed by atoms with Gasteiger partial charge >= 0.3 is 11.8 Å². The molecule has 1 heterocycles. The first-order valence-electron chi connectivity index (χ1n) is 9.00. The van der Waals surface area contributed by atoms with Crippen LogP contribution in [0.2, 0.25) is 0 Å². The van der Waals surface area contributed by atoms with Crippen molar-refractivity contribution in [3.63, 3.8) is 0 Å². The summed E-state index contributed by atoms with van der Waals surface area (Å²) in [5.74, 6) is -0.762. The van der Waals surface area contributed by atoms with Crippen molar-refractivity contribution in [2.75, 3.05) is 25.5 Å². The quantitative estimate of drug-likeness (QED) is 0.529. The minimum Gasteiger partial charge on any atom is -0.348 e. The SMILES string of the molecule is CC(C)N(C)CCCCNC(=O)C(=O)Nc1cccc(-c2nnnn2C)c1. The number of tetrazole rings is 1. The maximum atomic E-state index is 12.1. The molecule has 9 heteroatoms. The molecule has 0 spiro atoms. The van der Waals surface area contributed by atoms with Crippen LogP contribution in [0.1, 0.15) is 26.7 Å². The maximum absolute atomic E-state index is 12.1.